The number of rotatable bonds is 2. The molecule has 106 valence electrons. The molecule has 1 heterocycles. The molecular formula is C14H13FN6. The quantitative estimate of drug-likeness (QED) is 0.701. The molecule has 0 saturated carbocycles. The second kappa shape index (κ2) is 4.86. The lowest BCUT2D eigenvalue weighted by atomic mass is 10.1. The maximum atomic E-state index is 14.1. The van der Waals surface area contributed by atoms with E-state index in [0.717, 1.165) is 5.56 Å². The Hall–Kier alpha value is -2.96. The second-order valence-corrected chi connectivity index (χ2v) is 4.76. The molecule has 4 N–H and O–H groups in total. The van der Waals surface area contributed by atoms with Crippen molar-refractivity contribution in [3.8, 4) is 17.1 Å². The number of aryl methyl sites for hydroxylation is 1. The van der Waals surface area contributed by atoms with Gasteiger partial charge in [0.25, 0.3) is 0 Å². The van der Waals surface area contributed by atoms with Crippen LogP contribution in [0.1, 0.15) is 5.56 Å². The van der Waals surface area contributed by atoms with E-state index in [0.29, 0.717) is 22.8 Å². The van der Waals surface area contributed by atoms with Crippen molar-refractivity contribution in [1.82, 2.24) is 20.2 Å². The van der Waals surface area contributed by atoms with Crippen LogP contribution in [0.2, 0.25) is 0 Å². The molecule has 0 spiro atoms. The van der Waals surface area contributed by atoms with Crippen molar-refractivity contribution in [2.45, 2.75) is 6.92 Å². The van der Waals surface area contributed by atoms with E-state index in [1.807, 2.05) is 6.92 Å². The minimum atomic E-state index is -0.402. The van der Waals surface area contributed by atoms with Crippen LogP contribution >= 0.6 is 0 Å². The molecule has 1 aromatic heterocycles. The molecule has 0 aliphatic heterocycles. The molecule has 0 aliphatic rings. The van der Waals surface area contributed by atoms with Crippen LogP contribution in [0.15, 0.2) is 36.4 Å². The minimum absolute atomic E-state index is 0.265. The van der Waals surface area contributed by atoms with Crippen molar-refractivity contribution >= 4 is 11.4 Å². The van der Waals surface area contributed by atoms with E-state index in [4.69, 9.17) is 11.5 Å². The van der Waals surface area contributed by atoms with Gasteiger partial charge in [0.1, 0.15) is 11.5 Å². The number of nitrogens with two attached hydrogens (primary N) is 2. The topological polar surface area (TPSA) is 95.6 Å². The molecule has 0 unspecified atom stereocenters. The lowest BCUT2D eigenvalue weighted by Crippen LogP contribution is -2.03. The molecule has 6 nitrogen and oxygen atoms in total. The maximum absolute atomic E-state index is 14.1. The summed E-state index contributed by atoms with van der Waals surface area (Å²) in [5.74, 6) is -0.0304. The number of aromatic nitrogens is 4. The van der Waals surface area contributed by atoms with E-state index >= 15 is 0 Å². The first kappa shape index (κ1) is 13.0. The molecule has 2 aromatic carbocycles. The van der Waals surface area contributed by atoms with Gasteiger partial charge in [-0.2, -0.15) is 4.68 Å². The zero-order valence-electron chi connectivity index (χ0n) is 11.3. The van der Waals surface area contributed by atoms with Gasteiger partial charge >= 0.3 is 0 Å². The average Bonchev–Trinajstić information content (AvgIpc) is 2.86. The van der Waals surface area contributed by atoms with Crippen LogP contribution in [-0.2, 0) is 0 Å². The highest BCUT2D eigenvalue weighted by atomic mass is 19.1. The summed E-state index contributed by atoms with van der Waals surface area (Å²) in [4.78, 5) is 0. The number of tetrazole rings is 1. The van der Waals surface area contributed by atoms with E-state index in [2.05, 4.69) is 15.5 Å². The highest BCUT2D eigenvalue weighted by molar-refractivity contribution is 5.68. The van der Waals surface area contributed by atoms with Crippen LogP contribution in [-0.4, -0.2) is 20.2 Å². The summed E-state index contributed by atoms with van der Waals surface area (Å²) >= 11 is 0. The smallest absolute Gasteiger partial charge is 0.187 e. The molecule has 0 amide bonds. The number of hydrogen-bond donors (Lipinski definition) is 2. The normalized spacial score (nSPS) is 10.8. The highest BCUT2D eigenvalue weighted by Gasteiger charge is 2.15. The van der Waals surface area contributed by atoms with Crippen LogP contribution in [0.5, 0.6) is 0 Å². The molecule has 7 heteroatoms. The van der Waals surface area contributed by atoms with Crippen molar-refractivity contribution in [3.05, 3.63) is 47.8 Å². The predicted octanol–water partition coefficient (Wildman–Crippen LogP) is 1.94. The first-order chi connectivity index (χ1) is 10.0. The molecule has 0 bridgehead atoms. The van der Waals surface area contributed by atoms with Gasteiger partial charge in [0.15, 0.2) is 5.82 Å². The van der Waals surface area contributed by atoms with Gasteiger partial charge in [-0.3, -0.25) is 0 Å². The van der Waals surface area contributed by atoms with Gasteiger partial charge < -0.3 is 11.5 Å². The monoisotopic (exact) mass is 284 g/mol. The Bertz CT molecular complexity index is 791. The fourth-order valence-corrected chi connectivity index (χ4v) is 2.12. The summed E-state index contributed by atoms with van der Waals surface area (Å²) in [7, 11) is 0. The number of anilines is 2. The Morgan fingerprint density at radius 3 is 2.43 bits per heavy atom. The summed E-state index contributed by atoms with van der Waals surface area (Å²) in [6.07, 6.45) is 0. The third kappa shape index (κ3) is 2.40. The predicted molar refractivity (Wildman–Crippen MR) is 78.1 cm³/mol. The van der Waals surface area contributed by atoms with Crippen LogP contribution in [0.3, 0.4) is 0 Å². The molecule has 0 aliphatic carbocycles. The van der Waals surface area contributed by atoms with Crippen molar-refractivity contribution in [2.24, 2.45) is 0 Å². The molecule has 0 radical (unpaired) electrons. The summed E-state index contributed by atoms with van der Waals surface area (Å²) in [5, 5.41) is 11.4. The Morgan fingerprint density at radius 2 is 1.76 bits per heavy atom. The van der Waals surface area contributed by atoms with E-state index in [-0.39, 0.29) is 5.69 Å². The Balaban J connectivity index is 2.17. The summed E-state index contributed by atoms with van der Waals surface area (Å²) < 4.78 is 15.4. The van der Waals surface area contributed by atoms with Gasteiger partial charge in [-0.15, -0.1) is 5.10 Å². The highest BCUT2D eigenvalue weighted by Crippen LogP contribution is 2.25. The minimum Gasteiger partial charge on any atom is -0.399 e. The Labute approximate surface area is 120 Å². The fraction of sp³-hybridized carbons (Fsp3) is 0.0714. The Kier molecular flexibility index (Phi) is 3.02. The van der Waals surface area contributed by atoms with Gasteiger partial charge in [-0.1, -0.05) is 6.07 Å². The maximum Gasteiger partial charge on any atom is 0.187 e. The summed E-state index contributed by atoms with van der Waals surface area (Å²) in [6, 6.07) is 9.84. The van der Waals surface area contributed by atoms with Crippen molar-refractivity contribution < 1.29 is 4.39 Å². The first-order valence-corrected chi connectivity index (χ1v) is 6.26. The number of nitrogen functional groups attached to an aromatic ring is 2. The van der Waals surface area contributed by atoms with Crippen molar-refractivity contribution in [1.29, 1.82) is 0 Å². The third-order valence-corrected chi connectivity index (χ3v) is 3.04. The number of hydrogen-bond acceptors (Lipinski definition) is 5. The fourth-order valence-electron chi connectivity index (χ4n) is 2.12. The Morgan fingerprint density at radius 1 is 1.05 bits per heavy atom. The second-order valence-electron chi connectivity index (χ2n) is 4.76. The zero-order valence-corrected chi connectivity index (χ0v) is 11.3. The van der Waals surface area contributed by atoms with Gasteiger partial charge in [-0.05, 0) is 53.2 Å². The zero-order chi connectivity index (χ0) is 15.0. The molecule has 21 heavy (non-hydrogen) atoms. The molecule has 3 rings (SSSR count). The number of benzene rings is 2. The van der Waals surface area contributed by atoms with Crippen molar-refractivity contribution in [3.63, 3.8) is 0 Å². The molecule has 0 atom stereocenters. The lowest BCUT2D eigenvalue weighted by Gasteiger charge is -2.08. The van der Waals surface area contributed by atoms with Crippen LogP contribution in [0.25, 0.3) is 17.1 Å². The van der Waals surface area contributed by atoms with Gasteiger partial charge in [0.05, 0.1) is 0 Å². The SMILES string of the molecule is Cc1ccc(-n2nnnc2-c2cc(N)cc(N)c2)c(F)c1. The standard InChI is InChI=1S/C14H13FN6/c1-8-2-3-13(12(15)4-8)21-14(18-19-20-21)9-5-10(16)7-11(17)6-9/h2-7H,16-17H2,1H3. The summed E-state index contributed by atoms with van der Waals surface area (Å²) in [5.41, 5.74) is 14.2. The van der Waals surface area contributed by atoms with Crippen LogP contribution in [0.4, 0.5) is 15.8 Å². The molecule has 3 aromatic rings. The van der Waals surface area contributed by atoms with E-state index < -0.39 is 5.82 Å². The first-order valence-electron chi connectivity index (χ1n) is 6.26. The van der Waals surface area contributed by atoms with Gasteiger partial charge in [0.2, 0.25) is 0 Å². The molecular weight excluding hydrogens is 271 g/mol. The van der Waals surface area contributed by atoms with Gasteiger partial charge in [0, 0.05) is 16.9 Å². The number of nitrogens with zero attached hydrogens (tertiary/aromatic N) is 4. The van der Waals surface area contributed by atoms with E-state index in [9.17, 15) is 4.39 Å². The number of halogens is 1. The molecule has 0 saturated heterocycles. The average molecular weight is 284 g/mol. The van der Waals surface area contributed by atoms with E-state index in [1.165, 1.54) is 10.7 Å². The third-order valence-electron chi connectivity index (χ3n) is 3.04. The van der Waals surface area contributed by atoms with Crippen molar-refractivity contribution in [2.75, 3.05) is 11.5 Å². The lowest BCUT2D eigenvalue weighted by molar-refractivity contribution is 0.606. The summed E-state index contributed by atoms with van der Waals surface area (Å²) in [6.45, 7) is 1.81. The van der Waals surface area contributed by atoms with E-state index in [1.54, 1.807) is 30.3 Å². The van der Waals surface area contributed by atoms with Crippen LogP contribution < -0.4 is 11.5 Å². The molecule has 0 fully saturated rings. The van der Waals surface area contributed by atoms with Crippen LogP contribution in [0, 0.1) is 12.7 Å². The largest absolute Gasteiger partial charge is 0.399 e. The van der Waals surface area contributed by atoms with Gasteiger partial charge in [-0.25, -0.2) is 4.39 Å².